The van der Waals surface area contributed by atoms with Gasteiger partial charge in [-0.2, -0.15) is 0 Å². The van der Waals surface area contributed by atoms with Crippen LogP contribution in [-0.2, 0) is 6.42 Å². The fraction of sp³-hybridized carbons (Fsp3) is 0.286. The number of hydrogen-bond acceptors (Lipinski definition) is 3. The van der Waals surface area contributed by atoms with Gasteiger partial charge >= 0.3 is 0 Å². The largest absolute Gasteiger partial charge is 0.399 e. The van der Waals surface area contributed by atoms with Crippen LogP contribution in [0.15, 0.2) is 34.1 Å². The number of hydrogen-bond donors (Lipinski definition) is 1. The molecule has 0 spiro atoms. The van der Waals surface area contributed by atoms with E-state index >= 15 is 0 Å². The van der Waals surface area contributed by atoms with E-state index in [2.05, 4.69) is 45.3 Å². The molecular weight excluding hydrogens is 308 g/mol. The highest BCUT2D eigenvalue weighted by atomic mass is 79.9. The van der Waals surface area contributed by atoms with Crippen LogP contribution < -0.4 is 10.6 Å². The molecule has 94 valence electrons. The Balaban J connectivity index is 1.99. The molecule has 0 saturated carbocycles. The van der Waals surface area contributed by atoms with Crippen molar-refractivity contribution >= 4 is 38.6 Å². The molecule has 0 radical (unpaired) electrons. The van der Waals surface area contributed by atoms with Gasteiger partial charge in [-0.3, -0.25) is 0 Å². The van der Waals surface area contributed by atoms with E-state index in [0.717, 1.165) is 23.1 Å². The van der Waals surface area contributed by atoms with Crippen LogP contribution in [0, 0.1) is 0 Å². The number of nitrogens with zero attached hydrogens (tertiary/aromatic N) is 1. The van der Waals surface area contributed by atoms with E-state index in [1.54, 1.807) is 0 Å². The number of anilines is 2. The highest BCUT2D eigenvalue weighted by Gasteiger charge is 2.25. The number of thiophene rings is 1. The lowest BCUT2D eigenvalue weighted by Crippen LogP contribution is -2.33. The Labute approximate surface area is 120 Å². The summed E-state index contributed by atoms with van der Waals surface area (Å²) < 4.78 is 1.08. The molecule has 2 aromatic rings. The van der Waals surface area contributed by atoms with Crippen LogP contribution in [-0.4, -0.2) is 6.54 Å². The Hall–Kier alpha value is -1.00. The molecule has 0 aliphatic carbocycles. The topological polar surface area (TPSA) is 29.3 Å². The smallest absolute Gasteiger partial charge is 0.0525 e. The summed E-state index contributed by atoms with van der Waals surface area (Å²) in [5, 5.41) is 2.20. The molecule has 0 bridgehead atoms. The molecule has 1 unspecified atom stereocenters. The maximum absolute atomic E-state index is 5.80. The predicted molar refractivity (Wildman–Crippen MR) is 82.3 cm³/mol. The summed E-state index contributed by atoms with van der Waals surface area (Å²) in [6, 6.07) is 8.73. The standard InChI is InChI=1S/C14H15BrN2S/c1-9-11-5-7-18-14(11)4-6-17(9)13-3-2-10(16)8-12(13)15/h2-3,5,7-9H,4,6,16H2,1H3. The normalized spacial score (nSPS) is 18.8. The minimum absolute atomic E-state index is 0.430. The summed E-state index contributed by atoms with van der Waals surface area (Å²) in [5.41, 5.74) is 9.30. The summed E-state index contributed by atoms with van der Waals surface area (Å²) in [4.78, 5) is 3.98. The van der Waals surface area contributed by atoms with Gasteiger partial charge in [0.15, 0.2) is 0 Å². The summed E-state index contributed by atoms with van der Waals surface area (Å²) in [6.07, 6.45) is 1.13. The van der Waals surface area contributed by atoms with Gasteiger partial charge in [-0.25, -0.2) is 0 Å². The first-order valence-corrected chi connectivity index (χ1v) is 7.72. The molecule has 3 rings (SSSR count). The molecule has 1 aliphatic rings. The molecule has 18 heavy (non-hydrogen) atoms. The van der Waals surface area contributed by atoms with Crippen molar-refractivity contribution in [2.45, 2.75) is 19.4 Å². The second-order valence-electron chi connectivity index (χ2n) is 4.63. The van der Waals surface area contributed by atoms with E-state index in [0.29, 0.717) is 6.04 Å². The van der Waals surface area contributed by atoms with Gasteiger partial charge in [0, 0.05) is 21.6 Å². The van der Waals surface area contributed by atoms with Crippen molar-refractivity contribution in [3.63, 3.8) is 0 Å². The number of halogens is 1. The fourth-order valence-electron chi connectivity index (χ4n) is 2.59. The maximum Gasteiger partial charge on any atom is 0.0525 e. The molecule has 2 heterocycles. The quantitative estimate of drug-likeness (QED) is 0.796. The molecule has 1 atom stereocenters. The zero-order chi connectivity index (χ0) is 12.7. The van der Waals surface area contributed by atoms with Crippen molar-refractivity contribution in [1.29, 1.82) is 0 Å². The Bertz CT molecular complexity index is 579. The fourth-order valence-corrected chi connectivity index (χ4v) is 4.18. The lowest BCUT2D eigenvalue weighted by atomic mass is 10.0. The van der Waals surface area contributed by atoms with Gasteiger partial charge in [0.2, 0.25) is 0 Å². The van der Waals surface area contributed by atoms with Crippen molar-refractivity contribution in [2.24, 2.45) is 0 Å². The molecule has 0 fully saturated rings. The number of fused-ring (bicyclic) bond motifs is 1. The number of nitrogen functional groups attached to an aromatic ring is 1. The second-order valence-corrected chi connectivity index (χ2v) is 6.48. The average molecular weight is 323 g/mol. The third-order valence-corrected chi connectivity index (χ3v) is 5.19. The Morgan fingerprint density at radius 3 is 3.00 bits per heavy atom. The van der Waals surface area contributed by atoms with E-state index < -0.39 is 0 Å². The van der Waals surface area contributed by atoms with Gasteiger partial charge in [-0.1, -0.05) is 0 Å². The van der Waals surface area contributed by atoms with Crippen LogP contribution in [0.2, 0.25) is 0 Å². The zero-order valence-corrected chi connectivity index (χ0v) is 12.6. The zero-order valence-electron chi connectivity index (χ0n) is 10.2. The summed E-state index contributed by atoms with van der Waals surface area (Å²) >= 11 is 5.50. The molecule has 1 aromatic heterocycles. The molecule has 2 nitrogen and oxygen atoms in total. The maximum atomic E-state index is 5.80. The van der Waals surface area contributed by atoms with Crippen LogP contribution in [0.25, 0.3) is 0 Å². The first-order chi connectivity index (χ1) is 8.66. The van der Waals surface area contributed by atoms with E-state index in [4.69, 9.17) is 5.73 Å². The minimum atomic E-state index is 0.430. The predicted octanol–water partition coefficient (Wildman–Crippen LogP) is 4.22. The minimum Gasteiger partial charge on any atom is -0.399 e. The Kier molecular flexibility index (Phi) is 3.08. The van der Waals surface area contributed by atoms with Crippen molar-refractivity contribution < 1.29 is 0 Å². The number of nitrogens with two attached hydrogens (primary N) is 1. The van der Waals surface area contributed by atoms with Crippen LogP contribution in [0.1, 0.15) is 23.4 Å². The van der Waals surface area contributed by atoms with Gasteiger partial charge in [-0.15, -0.1) is 11.3 Å². The number of rotatable bonds is 1. The molecular formula is C14H15BrN2S. The van der Waals surface area contributed by atoms with Crippen molar-refractivity contribution in [1.82, 2.24) is 0 Å². The molecule has 0 amide bonds. The first kappa shape index (κ1) is 12.1. The molecule has 2 N–H and O–H groups in total. The van der Waals surface area contributed by atoms with E-state index in [-0.39, 0.29) is 0 Å². The number of benzene rings is 1. The van der Waals surface area contributed by atoms with Crippen molar-refractivity contribution in [3.8, 4) is 0 Å². The van der Waals surface area contributed by atoms with Gasteiger partial charge in [-0.05, 0) is 64.5 Å². The van der Waals surface area contributed by atoms with E-state index in [1.165, 1.54) is 16.1 Å². The average Bonchev–Trinajstić information content (AvgIpc) is 2.80. The Morgan fingerprint density at radius 2 is 2.22 bits per heavy atom. The van der Waals surface area contributed by atoms with Crippen LogP contribution in [0.5, 0.6) is 0 Å². The lowest BCUT2D eigenvalue weighted by Gasteiger charge is -2.36. The van der Waals surface area contributed by atoms with Crippen LogP contribution >= 0.6 is 27.3 Å². The summed E-state index contributed by atoms with van der Waals surface area (Å²) in [6.45, 7) is 3.34. The molecule has 1 aliphatic heterocycles. The van der Waals surface area contributed by atoms with E-state index in [9.17, 15) is 0 Å². The van der Waals surface area contributed by atoms with Crippen molar-refractivity contribution in [3.05, 3.63) is 44.6 Å². The van der Waals surface area contributed by atoms with Crippen molar-refractivity contribution in [2.75, 3.05) is 17.2 Å². The third kappa shape index (κ3) is 1.93. The van der Waals surface area contributed by atoms with Gasteiger partial charge in [0.25, 0.3) is 0 Å². The first-order valence-electron chi connectivity index (χ1n) is 6.05. The van der Waals surface area contributed by atoms with Gasteiger partial charge in [0.1, 0.15) is 0 Å². The van der Waals surface area contributed by atoms with Gasteiger partial charge < -0.3 is 10.6 Å². The monoisotopic (exact) mass is 322 g/mol. The van der Waals surface area contributed by atoms with Crippen LogP contribution in [0.3, 0.4) is 0 Å². The highest BCUT2D eigenvalue weighted by molar-refractivity contribution is 9.10. The van der Waals surface area contributed by atoms with Gasteiger partial charge in [0.05, 0.1) is 11.7 Å². The molecule has 4 heteroatoms. The molecule has 0 saturated heterocycles. The summed E-state index contributed by atoms with van der Waals surface area (Å²) in [7, 11) is 0. The summed E-state index contributed by atoms with van der Waals surface area (Å²) in [5.74, 6) is 0. The molecule has 1 aromatic carbocycles. The highest BCUT2D eigenvalue weighted by Crippen LogP contribution is 2.39. The third-order valence-electron chi connectivity index (χ3n) is 3.56. The second kappa shape index (κ2) is 4.59. The van der Waals surface area contributed by atoms with Crippen LogP contribution in [0.4, 0.5) is 11.4 Å². The lowest BCUT2D eigenvalue weighted by molar-refractivity contribution is 0.632. The Morgan fingerprint density at radius 1 is 1.39 bits per heavy atom. The van der Waals surface area contributed by atoms with E-state index in [1.807, 2.05) is 23.5 Å². The SMILES string of the molecule is CC1c2ccsc2CCN1c1ccc(N)cc1Br.